The van der Waals surface area contributed by atoms with Crippen molar-refractivity contribution in [2.75, 3.05) is 15.4 Å². The zero-order chi connectivity index (χ0) is 22.6. The molecular weight excluding hydrogens is 454 g/mol. The molecule has 0 aliphatic rings. The number of hydrogen-bond acceptors (Lipinski definition) is 3. The number of hydrogen-bond donors (Lipinski definition) is 3. The smallest absolute Gasteiger partial charge is 0.332 e. The molecule has 0 heterocycles. The van der Waals surface area contributed by atoms with Crippen molar-refractivity contribution in [3.05, 3.63) is 84.2 Å². The van der Waals surface area contributed by atoms with Gasteiger partial charge >= 0.3 is 6.18 Å². The largest absolute Gasteiger partial charge is 0.416 e. The fourth-order valence-electron chi connectivity index (χ4n) is 2.51. The zero-order valence-electron chi connectivity index (χ0n) is 15.6. The minimum Gasteiger partial charge on any atom is -0.332 e. The molecule has 0 aliphatic heterocycles. The van der Waals surface area contributed by atoms with E-state index in [9.17, 15) is 26.0 Å². The molecule has 0 aliphatic carbocycles. The number of nitrogens with one attached hydrogen (secondary N) is 3. The Morgan fingerprint density at radius 1 is 0.806 bits per heavy atom. The molecule has 3 rings (SSSR count). The van der Waals surface area contributed by atoms with E-state index in [1.165, 1.54) is 42.5 Å². The van der Waals surface area contributed by atoms with Crippen molar-refractivity contribution in [1.82, 2.24) is 0 Å². The Bertz CT molecular complexity index is 1180. The van der Waals surface area contributed by atoms with Crippen molar-refractivity contribution < 1.29 is 26.0 Å². The highest BCUT2D eigenvalue weighted by molar-refractivity contribution is 7.92. The molecule has 0 fully saturated rings. The van der Waals surface area contributed by atoms with Gasteiger partial charge in [0.05, 0.1) is 16.1 Å². The van der Waals surface area contributed by atoms with Crippen LogP contribution in [0.4, 0.5) is 34.6 Å². The van der Waals surface area contributed by atoms with E-state index in [4.69, 9.17) is 12.2 Å². The summed E-state index contributed by atoms with van der Waals surface area (Å²) in [6, 6.07) is 15.1. The fraction of sp³-hybridized carbons (Fsp3) is 0.0500. The Labute approximate surface area is 181 Å². The molecule has 0 amide bonds. The molecule has 0 spiro atoms. The number of benzene rings is 3. The van der Waals surface area contributed by atoms with Crippen LogP contribution < -0.4 is 15.4 Å². The molecule has 0 saturated carbocycles. The van der Waals surface area contributed by atoms with Crippen molar-refractivity contribution in [3.63, 3.8) is 0 Å². The Morgan fingerprint density at radius 3 is 1.97 bits per heavy atom. The fourth-order valence-corrected chi connectivity index (χ4v) is 3.79. The lowest BCUT2D eigenvalue weighted by Gasteiger charge is -2.12. The Kier molecular flexibility index (Phi) is 6.46. The lowest BCUT2D eigenvalue weighted by Crippen LogP contribution is -2.20. The van der Waals surface area contributed by atoms with E-state index in [-0.39, 0.29) is 21.4 Å². The molecule has 31 heavy (non-hydrogen) atoms. The SMILES string of the molecule is O=S(=O)(Nc1ccc(C(F)(F)F)cc1)c1ccc(NC(=S)Nc2ccccc2F)cc1. The van der Waals surface area contributed by atoms with Gasteiger partial charge in [-0.2, -0.15) is 13.2 Å². The standard InChI is InChI=1S/C20H15F4N3O2S2/c21-17-3-1-2-4-18(17)26-19(30)25-14-9-11-16(12-10-14)31(28,29)27-15-7-5-13(6-8-15)20(22,23)24/h1-12,27H,(H2,25,26,30). The molecule has 3 aromatic carbocycles. The van der Waals surface area contributed by atoms with Crippen molar-refractivity contribution in [3.8, 4) is 0 Å². The van der Waals surface area contributed by atoms with E-state index in [0.717, 1.165) is 24.3 Å². The summed E-state index contributed by atoms with van der Waals surface area (Å²) in [4.78, 5) is -0.106. The van der Waals surface area contributed by atoms with Crippen molar-refractivity contribution in [2.45, 2.75) is 11.1 Å². The lowest BCUT2D eigenvalue weighted by molar-refractivity contribution is -0.137. The van der Waals surface area contributed by atoms with Crippen molar-refractivity contribution in [2.24, 2.45) is 0 Å². The molecule has 0 atom stereocenters. The average molecular weight is 469 g/mol. The van der Waals surface area contributed by atoms with Crippen LogP contribution in [-0.2, 0) is 16.2 Å². The molecule has 0 unspecified atom stereocenters. The predicted octanol–water partition coefficient (Wildman–Crippen LogP) is 5.45. The van der Waals surface area contributed by atoms with Gasteiger partial charge in [0.1, 0.15) is 5.82 Å². The van der Waals surface area contributed by atoms with Crippen LogP contribution in [0.2, 0.25) is 0 Å². The first-order valence-electron chi connectivity index (χ1n) is 8.67. The average Bonchev–Trinajstić information content (AvgIpc) is 2.69. The van der Waals surface area contributed by atoms with Gasteiger partial charge in [-0.1, -0.05) is 12.1 Å². The van der Waals surface area contributed by atoms with E-state index in [0.29, 0.717) is 5.69 Å². The van der Waals surface area contributed by atoms with Gasteiger partial charge in [0.15, 0.2) is 5.11 Å². The normalized spacial score (nSPS) is 11.6. The first-order chi connectivity index (χ1) is 14.5. The van der Waals surface area contributed by atoms with Crippen molar-refractivity contribution >= 4 is 44.4 Å². The summed E-state index contributed by atoms with van der Waals surface area (Å²) in [6.07, 6.45) is -4.51. The first-order valence-corrected chi connectivity index (χ1v) is 10.6. The lowest BCUT2D eigenvalue weighted by atomic mass is 10.2. The van der Waals surface area contributed by atoms with E-state index in [1.54, 1.807) is 6.07 Å². The third-order valence-electron chi connectivity index (χ3n) is 4.01. The second-order valence-electron chi connectivity index (χ2n) is 6.26. The zero-order valence-corrected chi connectivity index (χ0v) is 17.2. The van der Waals surface area contributed by atoms with E-state index < -0.39 is 27.6 Å². The van der Waals surface area contributed by atoms with Crippen LogP contribution in [0.25, 0.3) is 0 Å². The first kappa shape index (κ1) is 22.5. The minimum atomic E-state index is -4.51. The van der Waals surface area contributed by atoms with Crippen LogP contribution in [0.1, 0.15) is 5.56 Å². The van der Waals surface area contributed by atoms with Crippen LogP contribution in [-0.4, -0.2) is 13.5 Å². The highest BCUT2D eigenvalue weighted by atomic mass is 32.2. The van der Waals surface area contributed by atoms with E-state index in [1.807, 2.05) is 0 Å². The molecule has 0 saturated heterocycles. The quantitative estimate of drug-likeness (QED) is 0.342. The molecule has 162 valence electrons. The summed E-state index contributed by atoms with van der Waals surface area (Å²) in [5, 5.41) is 5.58. The monoisotopic (exact) mass is 469 g/mol. The number of halogens is 4. The minimum absolute atomic E-state index is 0.00883. The maximum absolute atomic E-state index is 13.7. The number of para-hydroxylation sites is 1. The number of rotatable bonds is 5. The number of anilines is 3. The third-order valence-corrected chi connectivity index (χ3v) is 5.61. The molecular formula is C20H15F4N3O2S2. The molecule has 0 bridgehead atoms. The molecule has 3 aromatic rings. The van der Waals surface area contributed by atoms with Crippen LogP contribution in [0.5, 0.6) is 0 Å². The summed E-state index contributed by atoms with van der Waals surface area (Å²) in [7, 11) is -4.02. The Balaban J connectivity index is 1.65. The Morgan fingerprint density at radius 2 is 1.39 bits per heavy atom. The number of alkyl halides is 3. The Hall–Kier alpha value is -3.18. The predicted molar refractivity (Wildman–Crippen MR) is 115 cm³/mol. The number of thiocarbonyl (C=S) groups is 1. The van der Waals surface area contributed by atoms with E-state index >= 15 is 0 Å². The highest BCUT2D eigenvalue weighted by Gasteiger charge is 2.30. The van der Waals surface area contributed by atoms with Gasteiger partial charge in [0, 0.05) is 11.4 Å². The maximum Gasteiger partial charge on any atom is 0.416 e. The van der Waals surface area contributed by atoms with Crippen molar-refractivity contribution in [1.29, 1.82) is 0 Å². The van der Waals surface area contributed by atoms with Gasteiger partial charge in [-0.15, -0.1) is 0 Å². The van der Waals surface area contributed by atoms with Crippen LogP contribution in [0.15, 0.2) is 77.7 Å². The second-order valence-corrected chi connectivity index (χ2v) is 8.35. The summed E-state index contributed by atoms with van der Waals surface area (Å²) >= 11 is 5.11. The molecule has 0 radical (unpaired) electrons. The summed E-state index contributed by atoms with van der Waals surface area (Å²) in [5.74, 6) is -0.484. The summed E-state index contributed by atoms with van der Waals surface area (Å²) < 4.78 is 78.6. The second kappa shape index (κ2) is 8.90. The van der Waals surface area contributed by atoms with Crippen LogP contribution >= 0.6 is 12.2 Å². The van der Waals surface area contributed by atoms with Gasteiger partial charge in [0.2, 0.25) is 0 Å². The summed E-state index contributed by atoms with van der Waals surface area (Å²) in [6.45, 7) is 0. The number of sulfonamides is 1. The molecule has 5 nitrogen and oxygen atoms in total. The van der Waals surface area contributed by atoms with Crippen LogP contribution in [0, 0.1) is 5.82 Å². The van der Waals surface area contributed by atoms with Crippen LogP contribution in [0.3, 0.4) is 0 Å². The molecule has 11 heteroatoms. The van der Waals surface area contributed by atoms with Gasteiger partial charge in [0.25, 0.3) is 10.0 Å². The summed E-state index contributed by atoms with van der Waals surface area (Å²) in [5.41, 5.74) is -0.265. The molecule has 0 aromatic heterocycles. The third kappa shape index (κ3) is 5.92. The molecule has 3 N–H and O–H groups in total. The van der Waals surface area contributed by atoms with E-state index in [2.05, 4.69) is 15.4 Å². The van der Waals surface area contributed by atoms with Gasteiger partial charge < -0.3 is 10.6 Å². The highest BCUT2D eigenvalue weighted by Crippen LogP contribution is 2.30. The topological polar surface area (TPSA) is 70.2 Å². The van der Waals surface area contributed by atoms with Gasteiger partial charge in [-0.05, 0) is 72.9 Å². The van der Waals surface area contributed by atoms with Gasteiger partial charge in [-0.25, -0.2) is 12.8 Å². The van der Waals surface area contributed by atoms with Gasteiger partial charge in [-0.3, -0.25) is 4.72 Å². The maximum atomic E-state index is 13.7.